The van der Waals surface area contributed by atoms with E-state index < -0.39 is 11.9 Å². The van der Waals surface area contributed by atoms with Gasteiger partial charge in [-0.05, 0) is 42.3 Å². The van der Waals surface area contributed by atoms with Crippen LogP contribution >= 0.6 is 0 Å². The van der Waals surface area contributed by atoms with E-state index in [0.29, 0.717) is 17.2 Å². The molecule has 0 bridgehead atoms. The van der Waals surface area contributed by atoms with Gasteiger partial charge >= 0.3 is 5.97 Å². The van der Waals surface area contributed by atoms with Crippen LogP contribution in [0.15, 0.2) is 42.5 Å². The summed E-state index contributed by atoms with van der Waals surface area (Å²) >= 11 is 0. The van der Waals surface area contributed by atoms with Gasteiger partial charge in [0, 0.05) is 12.6 Å². The van der Waals surface area contributed by atoms with Crippen molar-refractivity contribution in [2.75, 3.05) is 18.7 Å². The quantitative estimate of drug-likeness (QED) is 0.694. The first-order valence-electron chi connectivity index (χ1n) is 9.12. The van der Waals surface area contributed by atoms with Gasteiger partial charge in [0.15, 0.2) is 18.1 Å². The lowest BCUT2D eigenvalue weighted by atomic mass is 10.1. The van der Waals surface area contributed by atoms with E-state index >= 15 is 0 Å². The Labute approximate surface area is 168 Å². The minimum absolute atomic E-state index is 0.0331. The van der Waals surface area contributed by atoms with Gasteiger partial charge in [-0.15, -0.1) is 0 Å². The maximum absolute atomic E-state index is 12.1. The summed E-state index contributed by atoms with van der Waals surface area (Å²) in [6.45, 7) is 3.07. The van der Waals surface area contributed by atoms with Crippen LogP contribution in [0, 0.1) is 0 Å². The van der Waals surface area contributed by atoms with Gasteiger partial charge in [0.1, 0.15) is 0 Å². The summed E-state index contributed by atoms with van der Waals surface area (Å²) < 4.78 is 15.6. The summed E-state index contributed by atoms with van der Waals surface area (Å²) in [6.07, 6.45) is 0.0331. The van der Waals surface area contributed by atoms with Crippen LogP contribution in [0.5, 0.6) is 11.5 Å². The van der Waals surface area contributed by atoms with E-state index in [2.05, 4.69) is 10.6 Å². The molecule has 2 amide bonds. The zero-order chi connectivity index (χ0) is 20.8. The summed E-state index contributed by atoms with van der Waals surface area (Å²) in [4.78, 5) is 35.0. The van der Waals surface area contributed by atoms with E-state index in [0.717, 1.165) is 11.1 Å². The molecule has 1 heterocycles. The van der Waals surface area contributed by atoms with Crippen LogP contribution in [0.1, 0.15) is 31.0 Å². The highest BCUT2D eigenvalue weighted by atomic mass is 16.7. The molecule has 8 heteroatoms. The molecule has 0 saturated carbocycles. The van der Waals surface area contributed by atoms with E-state index in [1.54, 1.807) is 30.3 Å². The van der Waals surface area contributed by atoms with Gasteiger partial charge in [0.2, 0.25) is 12.7 Å². The van der Waals surface area contributed by atoms with Crippen LogP contribution in [0.2, 0.25) is 0 Å². The highest BCUT2D eigenvalue weighted by Crippen LogP contribution is 2.34. The predicted octanol–water partition coefficient (Wildman–Crippen LogP) is 2.34. The van der Waals surface area contributed by atoms with E-state index in [4.69, 9.17) is 14.2 Å². The molecule has 0 unspecified atom stereocenters. The van der Waals surface area contributed by atoms with E-state index in [-0.39, 0.29) is 31.8 Å². The zero-order valence-corrected chi connectivity index (χ0v) is 16.2. The number of benzene rings is 2. The Hall–Kier alpha value is -3.55. The van der Waals surface area contributed by atoms with E-state index in [9.17, 15) is 14.4 Å². The number of fused-ring (bicyclic) bond motifs is 1. The molecule has 1 aliphatic rings. The van der Waals surface area contributed by atoms with Gasteiger partial charge in [-0.1, -0.05) is 18.2 Å². The Morgan fingerprint density at radius 1 is 1.07 bits per heavy atom. The molecule has 2 aromatic rings. The van der Waals surface area contributed by atoms with Crippen molar-refractivity contribution in [1.29, 1.82) is 0 Å². The lowest BCUT2D eigenvalue weighted by Crippen LogP contribution is -2.31. The Morgan fingerprint density at radius 3 is 2.52 bits per heavy atom. The number of nitrogens with one attached hydrogen (secondary N) is 2. The molecule has 0 saturated heterocycles. The number of esters is 1. The molecule has 0 fully saturated rings. The topological polar surface area (TPSA) is 103 Å². The monoisotopic (exact) mass is 398 g/mol. The molecule has 8 nitrogen and oxygen atoms in total. The molecule has 0 spiro atoms. The molecule has 0 aliphatic carbocycles. The fourth-order valence-electron chi connectivity index (χ4n) is 2.82. The van der Waals surface area contributed by atoms with Crippen LogP contribution < -0.4 is 20.1 Å². The van der Waals surface area contributed by atoms with Crippen LogP contribution in [-0.2, 0) is 25.5 Å². The van der Waals surface area contributed by atoms with Gasteiger partial charge in [0.25, 0.3) is 5.91 Å². The first kappa shape index (κ1) is 20.2. The highest BCUT2D eigenvalue weighted by Gasteiger charge is 2.17. The second-order valence-corrected chi connectivity index (χ2v) is 6.62. The summed E-state index contributed by atoms with van der Waals surface area (Å²) in [6, 6.07) is 12.0. The normalized spacial score (nSPS) is 12.8. The van der Waals surface area contributed by atoms with Crippen LogP contribution in [0.3, 0.4) is 0 Å². The number of anilines is 1. The van der Waals surface area contributed by atoms with Crippen molar-refractivity contribution in [3.63, 3.8) is 0 Å². The third-order valence-electron chi connectivity index (χ3n) is 4.26. The van der Waals surface area contributed by atoms with Crippen molar-refractivity contribution >= 4 is 23.5 Å². The van der Waals surface area contributed by atoms with Gasteiger partial charge in [0.05, 0.1) is 12.5 Å². The molecule has 152 valence electrons. The standard InChI is InChI=1S/C21H22N2O6/c1-13(16-5-8-18-19(10-16)29-12-28-18)22-20(25)11-27-21(26)9-15-3-6-17(7-4-15)23-14(2)24/h3-8,10,13H,9,11-12H2,1-2H3,(H,22,25)(H,23,24)/t13-/m1/s1. The molecular weight excluding hydrogens is 376 g/mol. The molecular formula is C21H22N2O6. The Kier molecular flexibility index (Phi) is 6.33. The third kappa shape index (κ3) is 5.71. The van der Waals surface area contributed by atoms with E-state index in [1.807, 2.05) is 19.1 Å². The average molecular weight is 398 g/mol. The maximum Gasteiger partial charge on any atom is 0.310 e. The van der Waals surface area contributed by atoms with E-state index in [1.165, 1.54) is 6.92 Å². The molecule has 0 aromatic heterocycles. The molecule has 2 N–H and O–H groups in total. The first-order chi connectivity index (χ1) is 13.9. The zero-order valence-electron chi connectivity index (χ0n) is 16.2. The number of amides is 2. The number of carbonyl (C=O) groups is 3. The van der Waals surface area contributed by atoms with Crippen molar-refractivity contribution < 1.29 is 28.6 Å². The number of hydrogen-bond acceptors (Lipinski definition) is 6. The van der Waals surface area contributed by atoms with Crippen molar-refractivity contribution in [1.82, 2.24) is 5.32 Å². The van der Waals surface area contributed by atoms with Crippen molar-refractivity contribution in [3.05, 3.63) is 53.6 Å². The van der Waals surface area contributed by atoms with Crippen molar-refractivity contribution in [2.45, 2.75) is 26.3 Å². The van der Waals surface area contributed by atoms with Gasteiger partial charge in [-0.3, -0.25) is 14.4 Å². The molecule has 29 heavy (non-hydrogen) atoms. The fourth-order valence-corrected chi connectivity index (χ4v) is 2.82. The van der Waals surface area contributed by atoms with Crippen LogP contribution in [0.25, 0.3) is 0 Å². The Morgan fingerprint density at radius 2 is 1.79 bits per heavy atom. The Balaban J connectivity index is 1.43. The highest BCUT2D eigenvalue weighted by molar-refractivity contribution is 5.88. The SMILES string of the molecule is CC(=O)Nc1ccc(CC(=O)OCC(=O)N[C@H](C)c2ccc3c(c2)OCO3)cc1. The van der Waals surface area contributed by atoms with Crippen molar-refractivity contribution in [3.8, 4) is 11.5 Å². The summed E-state index contributed by atoms with van der Waals surface area (Å²) in [5, 5.41) is 5.43. The van der Waals surface area contributed by atoms with Crippen LogP contribution in [0.4, 0.5) is 5.69 Å². The summed E-state index contributed by atoms with van der Waals surface area (Å²) in [5.41, 5.74) is 2.22. The minimum Gasteiger partial charge on any atom is -0.455 e. The van der Waals surface area contributed by atoms with Gasteiger partial charge < -0.3 is 24.8 Å². The molecule has 1 atom stereocenters. The van der Waals surface area contributed by atoms with Crippen molar-refractivity contribution in [2.24, 2.45) is 0 Å². The number of ether oxygens (including phenoxy) is 3. The molecule has 1 aliphatic heterocycles. The number of hydrogen-bond donors (Lipinski definition) is 2. The third-order valence-corrected chi connectivity index (χ3v) is 4.26. The minimum atomic E-state index is -0.511. The first-order valence-corrected chi connectivity index (χ1v) is 9.12. The molecule has 2 aromatic carbocycles. The number of carbonyl (C=O) groups excluding carboxylic acids is 3. The van der Waals surface area contributed by atoms with Gasteiger partial charge in [-0.2, -0.15) is 0 Å². The molecule has 0 radical (unpaired) electrons. The summed E-state index contributed by atoms with van der Waals surface area (Å²) in [7, 11) is 0. The Bertz CT molecular complexity index is 910. The molecule has 3 rings (SSSR count). The summed E-state index contributed by atoms with van der Waals surface area (Å²) in [5.74, 6) is 0.233. The average Bonchev–Trinajstić information content (AvgIpc) is 3.15. The van der Waals surface area contributed by atoms with Gasteiger partial charge in [-0.25, -0.2) is 0 Å². The second-order valence-electron chi connectivity index (χ2n) is 6.62. The second kappa shape index (κ2) is 9.09. The smallest absolute Gasteiger partial charge is 0.310 e. The maximum atomic E-state index is 12.1. The lowest BCUT2D eigenvalue weighted by Gasteiger charge is -2.15. The van der Waals surface area contributed by atoms with Crippen LogP contribution in [-0.4, -0.2) is 31.2 Å². The fraction of sp³-hybridized carbons (Fsp3) is 0.286. The number of rotatable bonds is 7. The lowest BCUT2D eigenvalue weighted by molar-refractivity contribution is -0.148. The predicted molar refractivity (Wildman–Crippen MR) is 105 cm³/mol. The largest absolute Gasteiger partial charge is 0.455 e.